The molecule has 1 aliphatic rings. The van der Waals surface area contributed by atoms with Crippen molar-refractivity contribution in [1.29, 1.82) is 0 Å². The van der Waals surface area contributed by atoms with E-state index >= 15 is 0 Å². The topological polar surface area (TPSA) is 73.6 Å². The molecular weight excluding hydrogens is 279 g/mol. The van der Waals surface area contributed by atoms with Gasteiger partial charge in [-0.3, -0.25) is 10.1 Å². The van der Waals surface area contributed by atoms with Crippen LogP contribution in [0.15, 0.2) is 18.2 Å². The number of morpholine rings is 1. The van der Waals surface area contributed by atoms with Crippen molar-refractivity contribution in [2.24, 2.45) is 0 Å². The van der Waals surface area contributed by atoms with Gasteiger partial charge >= 0.3 is 5.69 Å². The first-order valence-corrected chi connectivity index (χ1v) is 6.77. The van der Waals surface area contributed by atoms with Gasteiger partial charge in [-0.1, -0.05) is 12.1 Å². The Hall–Kier alpha value is -1.57. The van der Waals surface area contributed by atoms with Crippen molar-refractivity contribution in [3.63, 3.8) is 0 Å². The lowest BCUT2D eigenvalue weighted by molar-refractivity contribution is -0.387. The number of hydrogen-bond donors (Lipinski definition) is 1. The molecule has 0 saturated carbocycles. The fraction of sp³-hybridized carbons (Fsp3) is 0.571. The number of nitro groups is 1. The fourth-order valence-corrected chi connectivity index (χ4v) is 2.28. The SMILES string of the molecule is CC1(C)CNCC(COCc2cccc([N+](=O)[O-])c2F)O1. The summed E-state index contributed by atoms with van der Waals surface area (Å²) < 4.78 is 25.1. The smallest absolute Gasteiger partial charge is 0.305 e. The third-order valence-electron chi connectivity index (χ3n) is 3.22. The van der Waals surface area contributed by atoms with Crippen molar-refractivity contribution in [2.75, 3.05) is 19.7 Å². The second-order valence-electron chi connectivity index (χ2n) is 5.65. The van der Waals surface area contributed by atoms with Crippen molar-refractivity contribution < 1.29 is 18.8 Å². The molecule has 1 heterocycles. The average molecular weight is 298 g/mol. The second kappa shape index (κ2) is 6.46. The first kappa shape index (κ1) is 15.8. The maximum atomic E-state index is 13.8. The van der Waals surface area contributed by atoms with E-state index in [4.69, 9.17) is 9.47 Å². The highest BCUT2D eigenvalue weighted by molar-refractivity contribution is 5.36. The van der Waals surface area contributed by atoms with E-state index in [0.717, 1.165) is 12.6 Å². The summed E-state index contributed by atoms with van der Waals surface area (Å²) in [5.41, 5.74) is -0.622. The van der Waals surface area contributed by atoms with Gasteiger partial charge in [0.1, 0.15) is 0 Å². The minimum Gasteiger partial charge on any atom is -0.374 e. The first-order valence-electron chi connectivity index (χ1n) is 6.77. The molecule has 6 nitrogen and oxygen atoms in total. The molecule has 0 radical (unpaired) electrons. The molecule has 1 unspecified atom stereocenters. The maximum Gasteiger partial charge on any atom is 0.305 e. The normalized spacial score (nSPS) is 21.2. The van der Waals surface area contributed by atoms with Crippen LogP contribution < -0.4 is 5.32 Å². The van der Waals surface area contributed by atoms with Crippen LogP contribution in [0.25, 0.3) is 0 Å². The first-order chi connectivity index (χ1) is 9.89. The van der Waals surface area contributed by atoms with Crippen molar-refractivity contribution in [2.45, 2.75) is 32.2 Å². The molecular formula is C14H19FN2O4. The number of halogens is 1. The third-order valence-corrected chi connectivity index (χ3v) is 3.22. The van der Waals surface area contributed by atoms with Gasteiger partial charge in [0.2, 0.25) is 5.82 Å². The van der Waals surface area contributed by atoms with E-state index in [2.05, 4.69) is 5.32 Å². The van der Waals surface area contributed by atoms with Crippen molar-refractivity contribution in [3.8, 4) is 0 Å². The van der Waals surface area contributed by atoms with Gasteiger partial charge in [-0.2, -0.15) is 4.39 Å². The van der Waals surface area contributed by atoms with Gasteiger partial charge in [0, 0.05) is 24.7 Å². The van der Waals surface area contributed by atoms with Crippen LogP contribution in [0.1, 0.15) is 19.4 Å². The Morgan fingerprint density at radius 3 is 3.00 bits per heavy atom. The summed E-state index contributed by atoms with van der Waals surface area (Å²) in [7, 11) is 0. The van der Waals surface area contributed by atoms with Crippen LogP contribution in [0, 0.1) is 15.9 Å². The molecule has 1 saturated heterocycles. The molecule has 1 N–H and O–H groups in total. The van der Waals surface area contributed by atoms with Gasteiger partial charge in [0.25, 0.3) is 0 Å². The Bertz CT molecular complexity index is 522. The molecule has 1 atom stereocenters. The summed E-state index contributed by atoms with van der Waals surface area (Å²) in [6.07, 6.45) is -0.115. The van der Waals surface area contributed by atoms with Crippen LogP contribution in [-0.4, -0.2) is 36.3 Å². The molecule has 0 spiro atoms. The Kier molecular flexibility index (Phi) is 4.87. The van der Waals surface area contributed by atoms with Gasteiger partial charge in [0.15, 0.2) is 0 Å². The summed E-state index contributed by atoms with van der Waals surface area (Å²) >= 11 is 0. The van der Waals surface area contributed by atoms with E-state index in [0.29, 0.717) is 13.2 Å². The highest BCUT2D eigenvalue weighted by atomic mass is 19.1. The predicted molar refractivity (Wildman–Crippen MR) is 74.5 cm³/mol. The lowest BCUT2D eigenvalue weighted by Gasteiger charge is -2.36. The zero-order chi connectivity index (χ0) is 15.5. The number of rotatable bonds is 5. The van der Waals surface area contributed by atoms with Crippen molar-refractivity contribution >= 4 is 5.69 Å². The number of benzene rings is 1. The van der Waals surface area contributed by atoms with Gasteiger partial charge in [0.05, 0.1) is 29.8 Å². The third kappa shape index (κ3) is 4.20. The number of nitrogens with one attached hydrogen (secondary N) is 1. The minimum absolute atomic E-state index is 0.0200. The second-order valence-corrected chi connectivity index (χ2v) is 5.65. The molecule has 0 amide bonds. The van der Waals surface area contributed by atoms with E-state index in [1.54, 1.807) is 0 Å². The molecule has 7 heteroatoms. The van der Waals surface area contributed by atoms with Crippen LogP contribution in [0.5, 0.6) is 0 Å². The summed E-state index contributed by atoms with van der Waals surface area (Å²) in [6, 6.07) is 4.06. The van der Waals surface area contributed by atoms with Crippen LogP contribution in [0.3, 0.4) is 0 Å². The quantitative estimate of drug-likeness (QED) is 0.665. The van der Waals surface area contributed by atoms with E-state index in [1.165, 1.54) is 12.1 Å². The largest absolute Gasteiger partial charge is 0.374 e. The van der Waals surface area contributed by atoms with E-state index in [1.807, 2.05) is 13.8 Å². The van der Waals surface area contributed by atoms with Gasteiger partial charge in [-0.15, -0.1) is 0 Å². The number of hydrogen-bond acceptors (Lipinski definition) is 5. The Labute approximate surface area is 122 Å². The van der Waals surface area contributed by atoms with Crippen LogP contribution in [-0.2, 0) is 16.1 Å². The molecule has 116 valence electrons. The number of nitrogens with zero attached hydrogens (tertiary/aromatic N) is 1. The van der Waals surface area contributed by atoms with Crippen molar-refractivity contribution in [1.82, 2.24) is 5.32 Å². The molecule has 21 heavy (non-hydrogen) atoms. The summed E-state index contributed by atoms with van der Waals surface area (Å²) in [5.74, 6) is -0.842. The molecule has 0 aromatic heterocycles. The number of nitro benzene ring substituents is 1. The molecule has 0 aliphatic carbocycles. The van der Waals surface area contributed by atoms with E-state index in [9.17, 15) is 14.5 Å². The monoisotopic (exact) mass is 298 g/mol. The molecule has 1 aromatic carbocycles. The zero-order valence-corrected chi connectivity index (χ0v) is 12.1. The summed E-state index contributed by atoms with van der Waals surface area (Å²) in [6.45, 7) is 5.68. The fourth-order valence-electron chi connectivity index (χ4n) is 2.28. The molecule has 2 rings (SSSR count). The minimum atomic E-state index is -0.842. The molecule has 1 aliphatic heterocycles. The highest BCUT2D eigenvalue weighted by Gasteiger charge is 2.28. The lowest BCUT2D eigenvalue weighted by atomic mass is 10.1. The Morgan fingerprint density at radius 2 is 2.33 bits per heavy atom. The maximum absolute atomic E-state index is 13.8. The molecule has 1 aromatic rings. The lowest BCUT2D eigenvalue weighted by Crippen LogP contribution is -2.51. The van der Waals surface area contributed by atoms with Gasteiger partial charge in [-0.05, 0) is 13.8 Å². The zero-order valence-electron chi connectivity index (χ0n) is 12.1. The number of ether oxygens (including phenoxy) is 2. The highest BCUT2D eigenvalue weighted by Crippen LogP contribution is 2.21. The van der Waals surface area contributed by atoms with Gasteiger partial charge < -0.3 is 14.8 Å². The average Bonchev–Trinajstić information content (AvgIpc) is 2.39. The predicted octanol–water partition coefficient (Wildman–Crippen LogP) is 2.02. The van der Waals surface area contributed by atoms with Gasteiger partial charge in [-0.25, -0.2) is 0 Å². The van der Waals surface area contributed by atoms with Crippen LogP contribution >= 0.6 is 0 Å². The molecule has 1 fully saturated rings. The van der Waals surface area contributed by atoms with Crippen molar-refractivity contribution in [3.05, 3.63) is 39.7 Å². The Morgan fingerprint density at radius 1 is 1.57 bits per heavy atom. The molecule has 0 bridgehead atoms. The van der Waals surface area contributed by atoms with Crippen LogP contribution in [0.2, 0.25) is 0 Å². The summed E-state index contributed by atoms with van der Waals surface area (Å²) in [5, 5.41) is 13.9. The summed E-state index contributed by atoms with van der Waals surface area (Å²) in [4.78, 5) is 9.92. The van der Waals surface area contributed by atoms with E-state index < -0.39 is 16.4 Å². The van der Waals surface area contributed by atoms with Crippen LogP contribution in [0.4, 0.5) is 10.1 Å². The van der Waals surface area contributed by atoms with E-state index in [-0.39, 0.29) is 23.9 Å². The standard InChI is InChI=1S/C14H19FN2O4/c1-14(2)9-16-6-11(21-14)8-20-7-10-4-3-5-12(13(10)15)17(18)19/h3-5,11,16H,6-9H2,1-2H3. The Balaban J connectivity index is 1.89.